The van der Waals surface area contributed by atoms with Crippen LogP contribution in [0.1, 0.15) is 25.5 Å². The molecule has 0 aliphatic carbocycles. The largest absolute Gasteiger partial charge is 0.396 e. The van der Waals surface area contributed by atoms with Crippen molar-refractivity contribution >= 4 is 33.4 Å². The third-order valence-corrected chi connectivity index (χ3v) is 2.97. The van der Waals surface area contributed by atoms with Gasteiger partial charge in [-0.15, -0.1) is 11.8 Å². The summed E-state index contributed by atoms with van der Waals surface area (Å²) in [6.07, 6.45) is 2.02. The monoisotopic (exact) mass is 260 g/mol. The predicted molar refractivity (Wildman–Crippen MR) is 62.2 cm³/mol. The fourth-order valence-corrected chi connectivity index (χ4v) is 2.25. The maximum absolute atomic E-state index is 5.96. The van der Waals surface area contributed by atoms with E-state index in [0.29, 0.717) is 5.92 Å². The van der Waals surface area contributed by atoms with E-state index in [9.17, 15) is 0 Å². The number of aromatic nitrogens is 1. The minimum atomic E-state index is 0.364. The Balaban J connectivity index is 3.27. The summed E-state index contributed by atoms with van der Waals surface area (Å²) in [7, 11) is 0. The first-order valence-electron chi connectivity index (χ1n) is 4.06. The second kappa shape index (κ2) is 4.33. The van der Waals surface area contributed by atoms with Gasteiger partial charge in [0.05, 0.1) is 11.4 Å². The lowest BCUT2D eigenvalue weighted by molar-refractivity contribution is 0.817. The molecule has 0 atom stereocenters. The number of nitrogens with zero attached hydrogens (tertiary/aromatic N) is 1. The Kier molecular flexibility index (Phi) is 3.62. The normalized spacial score (nSPS) is 10.8. The number of nitrogen functional groups attached to an aromatic ring is 1. The predicted octanol–water partition coefficient (Wildman–Crippen LogP) is 3.27. The van der Waals surface area contributed by atoms with Crippen LogP contribution in [-0.2, 0) is 0 Å². The molecule has 1 aromatic heterocycles. The third kappa shape index (κ3) is 2.38. The van der Waals surface area contributed by atoms with Gasteiger partial charge in [0.1, 0.15) is 4.60 Å². The van der Waals surface area contributed by atoms with Crippen LogP contribution in [0.15, 0.2) is 15.6 Å². The number of halogens is 1. The van der Waals surface area contributed by atoms with Crippen molar-refractivity contribution in [3.63, 3.8) is 0 Å². The Hall–Kier alpha value is -0.220. The van der Waals surface area contributed by atoms with Gasteiger partial charge < -0.3 is 5.73 Å². The van der Waals surface area contributed by atoms with Gasteiger partial charge in [-0.3, -0.25) is 0 Å². The first-order valence-corrected chi connectivity index (χ1v) is 6.08. The van der Waals surface area contributed by atoms with E-state index in [1.165, 1.54) is 0 Å². The molecule has 4 heteroatoms. The molecule has 0 saturated carbocycles. The quantitative estimate of drug-likeness (QED) is 0.656. The number of anilines is 1. The standard InChI is InChI=1S/C9H13BrN2S/c1-5(2)9-8(11)6(13-3)4-7(10)12-9/h4-5H,11H2,1-3H3. The van der Waals surface area contributed by atoms with Gasteiger partial charge in [-0.25, -0.2) is 4.98 Å². The Morgan fingerprint density at radius 3 is 2.62 bits per heavy atom. The van der Waals surface area contributed by atoms with Gasteiger partial charge in [0.25, 0.3) is 0 Å². The maximum atomic E-state index is 5.96. The van der Waals surface area contributed by atoms with Crippen LogP contribution in [0.2, 0.25) is 0 Å². The molecule has 0 spiro atoms. The molecule has 0 fully saturated rings. The third-order valence-electron chi connectivity index (χ3n) is 1.79. The Labute approximate surface area is 91.4 Å². The lowest BCUT2D eigenvalue weighted by Crippen LogP contribution is -2.02. The Morgan fingerprint density at radius 1 is 1.54 bits per heavy atom. The molecule has 2 nitrogen and oxygen atoms in total. The van der Waals surface area contributed by atoms with Crippen LogP contribution in [0.5, 0.6) is 0 Å². The fourth-order valence-electron chi connectivity index (χ4n) is 1.13. The maximum Gasteiger partial charge on any atom is 0.107 e. The van der Waals surface area contributed by atoms with E-state index < -0.39 is 0 Å². The topological polar surface area (TPSA) is 38.9 Å². The molecule has 2 N–H and O–H groups in total. The van der Waals surface area contributed by atoms with E-state index >= 15 is 0 Å². The molecule has 0 amide bonds. The number of nitrogens with two attached hydrogens (primary N) is 1. The molecule has 1 aromatic rings. The van der Waals surface area contributed by atoms with Crippen molar-refractivity contribution in [1.29, 1.82) is 0 Å². The second-order valence-corrected chi connectivity index (χ2v) is 4.76. The molecule has 0 aliphatic heterocycles. The second-order valence-electron chi connectivity index (χ2n) is 3.10. The van der Waals surface area contributed by atoms with Gasteiger partial charge in [0.15, 0.2) is 0 Å². The van der Waals surface area contributed by atoms with Gasteiger partial charge in [0, 0.05) is 4.90 Å². The molecular formula is C9H13BrN2S. The molecule has 0 radical (unpaired) electrons. The van der Waals surface area contributed by atoms with Crippen LogP contribution in [0.3, 0.4) is 0 Å². The zero-order valence-corrected chi connectivity index (χ0v) is 10.4. The number of pyridine rings is 1. The van der Waals surface area contributed by atoms with Crippen molar-refractivity contribution < 1.29 is 0 Å². The Morgan fingerprint density at radius 2 is 2.15 bits per heavy atom. The summed E-state index contributed by atoms with van der Waals surface area (Å²) in [4.78, 5) is 5.45. The van der Waals surface area contributed by atoms with Crippen LogP contribution in [-0.4, -0.2) is 11.2 Å². The number of hydrogen-bond acceptors (Lipinski definition) is 3. The summed E-state index contributed by atoms with van der Waals surface area (Å²) in [5, 5.41) is 0. The van der Waals surface area contributed by atoms with E-state index in [-0.39, 0.29) is 0 Å². The fraction of sp³-hybridized carbons (Fsp3) is 0.444. The molecule has 0 unspecified atom stereocenters. The van der Waals surface area contributed by atoms with Crippen LogP contribution in [0.25, 0.3) is 0 Å². The van der Waals surface area contributed by atoms with Crippen LogP contribution < -0.4 is 5.73 Å². The highest BCUT2D eigenvalue weighted by Gasteiger charge is 2.10. The number of rotatable bonds is 2. The molecule has 0 aromatic carbocycles. The van der Waals surface area contributed by atoms with Crippen LogP contribution in [0.4, 0.5) is 5.69 Å². The zero-order chi connectivity index (χ0) is 10.0. The molecule has 1 heterocycles. The van der Waals surface area contributed by atoms with E-state index in [1.807, 2.05) is 12.3 Å². The van der Waals surface area contributed by atoms with Crippen molar-refractivity contribution in [2.75, 3.05) is 12.0 Å². The minimum Gasteiger partial charge on any atom is -0.396 e. The van der Waals surface area contributed by atoms with Crippen molar-refractivity contribution in [1.82, 2.24) is 4.98 Å². The van der Waals surface area contributed by atoms with Gasteiger partial charge in [-0.1, -0.05) is 13.8 Å². The molecule has 0 bridgehead atoms. The molecule has 0 saturated heterocycles. The first kappa shape index (κ1) is 10.9. The van der Waals surface area contributed by atoms with Crippen LogP contribution in [0, 0.1) is 0 Å². The Bertz CT molecular complexity index is 313. The van der Waals surface area contributed by atoms with Crippen molar-refractivity contribution in [2.24, 2.45) is 0 Å². The molecule has 1 rings (SSSR count). The molecular weight excluding hydrogens is 248 g/mol. The summed E-state index contributed by atoms with van der Waals surface area (Å²) in [5.74, 6) is 0.364. The number of hydrogen-bond donors (Lipinski definition) is 1. The molecule has 0 aliphatic rings. The van der Waals surface area contributed by atoms with Crippen molar-refractivity contribution in [3.8, 4) is 0 Å². The van der Waals surface area contributed by atoms with Crippen molar-refractivity contribution in [3.05, 3.63) is 16.4 Å². The molecule has 13 heavy (non-hydrogen) atoms. The minimum absolute atomic E-state index is 0.364. The lowest BCUT2D eigenvalue weighted by atomic mass is 10.1. The first-order chi connectivity index (χ1) is 6.06. The smallest absolute Gasteiger partial charge is 0.107 e. The average Bonchev–Trinajstić information content (AvgIpc) is 2.08. The van der Waals surface area contributed by atoms with Gasteiger partial charge in [-0.2, -0.15) is 0 Å². The average molecular weight is 261 g/mol. The van der Waals surface area contributed by atoms with E-state index in [1.54, 1.807) is 11.8 Å². The van der Waals surface area contributed by atoms with Gasteiger partial charge in [0.2, 0.25) is 0 Å². The summed E-state index contributed by atoms with van der Waals surface area (Å²) >= 11 is 5.02. The van der Waals surface area contributed by atoms with Gasteiger partial charge in [-0.05, 0) is 34.2 Å². The highest BCUT2D eigenvalue weighted by atomic mass is 79.9. The van der Waals surface area contributed by atoms with E-state index in [4.69, 9.17) is 5.73 Å². The van der Waals surface area contributed by atoms with Crippen molar-refractivity contribution in [2.45, 2.75) is 24.7 Å². The van der Waals surface area contributed by atoms with Gasteiger partial charge >= 0.3 is 0 Å². The summed E-state index contributed by atoms with van der Waals surface area (Å²) < 4.78 is 0.856. The lowest BCUT2D eigenvalue weighted by Gasteiger charge is -2.11. The van der Waals surface area contributed by atoms with E-state index in [0.717, 1.165) is 20.9 Å². The zero-order valence-electron chi connectivity index (χ0n) is 7.97. The number of thioether (sulfide) groups is 1. The SMILES string of the molecule is CSc1cc(Br)nc(C(C)C)c1N. The summed E-state index contributed by atoms with van der Waals surface area (Å²) in [5.41, 5.74) is 7.74. The molecule has 72 valence electrons. The van der Waals surface area contributed by atoms with E-state index in [2.05, 4.69) is 34.8 Å². The summed E-state index contributed by atoms with van der Waals surface area (Å²) in [6.45, 7) is 4.18. The highest BCUT2D eigenvalue weighted by Crippen LogP contribution is 2.31. The summed E-state index contributed by atoms with van der Waals surface area (Å²) in [6, 6.07) is 1.95. The van der Waals surface area contributed by atoms with Crippen LogP contribution >= 0.6 is 27.7 Å². The highest BCUT2D eigenvalue weighted by molar-refractivity contribution is 9.10.